The highest BCUT2D eigenvalue weighted by atomic mass is 35.5. The Balaban J connectivity index is 1.92. The van der Waals surface area contributed by atoms with Gasteiger partial charge in [-0.25, -0.2) is 4.79 Å². The van der Waals surface area contributed by atoms with Crippen LogP contribution in [0.25, 0.3) is 0 Å². The fraction of sp³-hybridized carbons (Fsp3) is 0.0588. The van der Waals surface area contributed by atoms with Crippen molar-refractivity contribution in [1.29, 1.82) is 0 Å². The molecule has 0 aliphatic heterocycles. The molecule has 5 nitrogen and oxygen atoms in total. The van der Waals surface area contributed by atoms with E-state index < -0.39 is 11.2 Å². The van der Waals surface area contributed by atoms with Crippen LogP contribution in [0.15, 0.2) is 64.3 Å². The van der Waals surface area contributed by atoms with Crippen LogP contribution in [0.2, 0.25) is 10.0 Å². The highest BCUT2D eigenvalue weighted by Gasteiger charge is 2.06. The van der Waals surface area contributed by atoms with Crippen molar-refractivity contribution in [2.45, 2.75) is 6.54 Å². The lowest BCUT2D eigenvalue weighted by Gasteiger charge is -2.10. The highest BCUT2D eigenvalue weighted by Crippen LogP contribution is 2.16. The van der Waals surface area contributed by atoms with Crippen molar-refractivity contribution in [2.24, 2.45) is 0 Å². The Morgan fingerprint density at radius 1 is 1.00 bits per heavy atom. The monoisotopic (exact) mass is 361 g/mol. The van der Waals surface area contributed by atoms with E-state index in [0.29, 0.717) is 22.3 Å². The van der Waals surface area contributed by atoms with Crippen molar-refractivity contribution < 1.29 is 0 Å². The smallest absolute Gasteiger partial charge is 0.328 e. The van der Waals surface area contributed by atoms with Crippen molar-refractivity contribution in [3.63, 3.8) is 0 Å². The van der Waals surface area contributed by atoms with Crippen LogP contribution in [0, 0.1) is 0 Å². The van der Waals surface area contributed by atoms with E-state index in [0.717, 1.165) is 5.56 Å². The molecule has 0 atom stereocenters. The summed E-state index contributed by atoms with van der Waals surface area (Å²) in [4.78, 5) is 26.3. The zero-order valence-corrected chi connectivity index (χ0v) is 13.9. The van der Waals surface area contributed by atoms with Gasteiger partial charge in [-0.2, -0.15) is 0 Å². The molecule has 2 N–H and O–H groups in total. The van der Waals surface area contributed by atoms with Crippen LogP contribution in [-0.4, -0.2) is 9.55 Å². The normalized spacial score (nSPS) is 10.6. The maximum Gasteiger partial charge on any atom is 0.328 e. The molecule has 0 aliphatic rings. The molecule has 0 amide bonds. The van der Waals surface area contributed by atoms with E-state index in [1.807, 2.05) is 6.07 Å². The van der Waals surface area contributed by atoms with E-state index in [-0.39, 0.29) is 5.69 Å². The van der Waals surface area contributed by atoms with Crippen LogP contribution >= 0.6 is 23.2 Å². The molecule has 7 heteroatoms. The molecular formula is C17H13Cl2N3O2. The Kier molecular flexibility index (Phi) is 4.74. The van der Waals surface area contributed by atoms with E-state index in [9.17, 15) is 9.59 Å². The van der Waals surface area contributed by atoms with Crippen molar-refractivity contribution in [3.05, 3.63) is 91.2 Å². The lowest BCUT2D eigenvalue weighted by atomic mass is 10.2. The fourth-order valence-electron chi connectivity index (χ4n) is 2.24. The number of hydrogen-bond acceptors (Lipinski definition) is 3. The van der Waals surface area contributed by atoms with Crippen molar-refractivity contribution in [1.82, 2.24) is 9.55 Å². The summed E-state index contributed by atoms with van der Waals surface area (Å²) in [6.45, 7) is 0.297. The standard InChI is InChI=1S/C17H13Cl2N3O2/c18-12-4-6-14(7-5-12)20-15-10-22(17(24)21-16(15)23)9-11-2-1-3-13(19)8-11/h1-8,10,20H,9H2,(H,21,23,24). The third-order valence-electron chi connectivity index (χ3n) is 3.38. The molecule has 122 valence electrons. The van der Waals surface area contributed by atoms with Gasteiger partial charge in [-0.3, -0.25) is 14.3 Å². The SMILES string of the molecule is O=c1[nH]c(=O)n(Cc2cccc(Cl)c2)cc1Nc1ccc(Cl)cc1. The van der Waals surface area contributed by atoms with Gasteiger partial charge in [0.05, 0.1) is 6.54 Å². The summed E-state index contributed by atoms with van der Waals surface area (Å²) in [7, 11) is 0. The molecule has 1 heterocycles. The Morgan fingerprint density at radius 2 is 1.75 bits per heavy atom. The van der Waals surface area contributed by atoms with Gasteiger partial charge in [-0.05, 0) is 42.0 Å². The first kappa shape index (κ1) is 16.4. The van der Waals surface area contributed by atoms with Gasteiger partial charge in [0, 0.05) is 21.9 Å². The summed E-state index contributed by atoms with van der Waals surface area (Å²) < 4.78 is 1.41. The van der Waals surface area contributed by atoms with Gasteiger partial charge in [0.1, 0.15) is 5.69 Å². The number of anilines is 2. The van der Waals surface area contributed by atoms with Crippen molar-refractivity contribution >= 4 is 34.6 Å². The number of aromatic nitrogens is 2. The Bertz CT molecular complexity index is 978. The number of benzene rings is 2. The second-order valence-electron chi connectivity index (χ2n) is 5.19. The molecule has 2 aromatic carbocycles. The number of nitrogens with one attached hydrogen (secondary N) is 2. The minimum atomic E-state index is -0.489. The summed E-state index contributed by atoms with van der Waals surface area (Å²) in [5.41, 5.74) is 0.838. The van der Waals surface area contributed by atoms with Crippen molar-refractivity contribution in [2.75, 3.05) is 5.32 Å². The molecular weight excluding hydrogens is 349 g/mol. The van der Waals surface area contributed by atoms with E-state index >= 15 is 0 Å². The average molecular weight is 362 g/mol. The van der Waals surface area contributed by atoms with E-state index in [1.54, 1.807) is 42.5 Å². The van der Waals surface area contributed by atoms with Gasteiger partial charge in [-0.1, -0.05) is 35.3 Å². The van der Waals surface area contributed by atoms with Gasteiger partial charge in [0.25, 0.3) is 5.56 Å². The Labute approximate surface area is 147 Å². The molecule has 3 rings (SSSR count). The minimum Gasteiger partial charge on any atom is -0.350 e. The maximum atomic E-state index is 12.0. The van der Waals surface area contributed by atoms with Crippen LogP contribution in [-0.2, 0) is 6.54 Å². The van der Waals surface area contributed by atoms with Gasteiger partial charge in [0.15, 0.2) is 0 Å². The average Bonchev–Trinajstić information content (AvgIpc) is 2.54. The van der Waals surface area contributed by atoms with Crippen LogP contribution in [0.1, 0.15) is 5.56 Å². The van der Waals surface area contributed by atoms with E-state index in [1.165, 1.54) is 10.8 Å². The lowest BCUT2D eigenvalue weighted by molar-refractivity contribution is 0.723. The number of rotatable bonds is 4. The topological polar surface area (TPSA) is 66.9 Å². The molecule has 0 bridgehead atoms. The maximum absolute atomic E-state index is 12.0. The molecule has 0 radical (unpaired) electrons. The first-order chi connectivity index (χ1) is 11.5. The fourth-order valence-corrected chi connectivity index (χ4v) is 2.58. The van der Waals surface area contributed by atoms with E-state index in [4.69, 9.17) is 23.2 Å². The molecule has 0 unspecified atom stereocenters. The van der Waals surface area contributed by atoms with Crippen LogP contribution in [0.4, 0.5) is 11.4 Å². The number of nitrogens with zero attached hydrogens (tertiary/aromatic N) is 1. The second-order valence-corrected chi connectivity index (χ2v) is 6.06. The third-order valence-corrected chi connectivity index (χ3v) is 3.86. The number of H-pyrrole nitrogens is 1. The van der Waals surface area contributed by atoms with Crippen molar-refractivity contribution in [3.8, 4) is 0 Å². The minimum absolute atomic E-state index is 0.263. The van der Waals surface area contributed by atoms with Gasteiger partial charge in [-0.15, -0.1) is 0 Å². The summed E-state index contributed by atoms with van der Waals surface area (Å²) >= 11 is 11.8. The molecule has 3 aromatic rings. The molecule has 1 aromatic heterocycles. The highest BCUT2D eigenvalue weighted by molar-refractivity contribution is 6.30. The summed E-state index contributed by atoms with van der Waals surface area (Å²) in [6, 6.07) is 14.1. The van der Waals surface area contributed by atoms with Crippen LogP contribution in [0.5, 0.6) is 0 Å². The molecule has 0 fully saturated rings. The largest absolute Gasteiger partial charge is 0.350 e. The molecule has 24 heavy (non-hydrogen) atoms. The molecule has 0 saturated carbocycles. The van der Waals surface area contributed by atoms with Gasteiger partial charge < -0.3 is 5.32 Å². The van der Waals surface area contributed by atoms with Gasteiger partial charge >= 0.3 is 5.69 Å². The predicted octanol–water partition coefficient (Wildman–Crippen LogP) is 3.64. The zero-order valence-electron chi connectivity index (χ0n) is 12.4. The summed E-state index contributed by atoms with van der Waals surface area (Å²) in [5, 5.41) is 4.16. The Morgan fingerprint density at radius 3 is 2.46 bits per heavy atom. The van der Waals surface area contributed by atoms with Crippen LogP contribution < -0.4 is 16.6 Å². The van der Waals surface area contributed by atoms with Crippen LogP contribution in [0.3, 0.4) is 0 Å². The second kappa shape index (κ2) is 6.95. The molecule has 0 aliphatic carbocycles. The summed E-state index contributed by atoms with van der Waals surface area (Å²) in [5.74, 6) is 0. The molecule has 0 spiro atoms. The number of hydrogen-bond donors (Lipinski definition) is 2. The van der Waals surface area contributed by atoms with Gasteiger partial charge in [0.2, 0.25) is 0 Å². The first-order valence-electron chi connectivity index (χ1n) is 7.12. The first-order valence-corrected chi connectivity index (χ1v) is 7.88. The zero-order chi connectivity index (χ0) is 17.1. The number of aromatic amines is 1. The Hall–Kier alpha value is -2.50. The predicted molar refractivity (Wildman–Crippen MR) is 96.6 cm³/mol. The third kappa shape index (κ3) is 3.88. The molecule has 0 saturated heterocycles. The quantitative estimate of drug-likeness (QED) is 0.745. The van der Waals surface area contributed by atoms with E-state index in [2.05, 4.69) is 10.3 Å². The summed E-state index contributed by atoms with van der Waals surface area (Å²) in [6.07, 6.45) is 1.48. The lowest BCUT2D eigenvalue weighted by Crippen LogP contribution is -2.31. The number of halogens is 2.